The molecule has 0 aliphatic carbocycles. The monoisotopic (exact) mass is 451 g/mol. The lowest BCUT2D eigenvalue weighted by molar-refractivity contribution is 0.212. The number of nitrogens with one attached hydrogen (secondary N) is 1. The Morgan fingerprint density at radius 3 is 2.45 bits per heavy atom. The maximum Gasteiger partial charge on any atom is 0.339 e. The number of halogens is 1. The zero-order valence-electron chi connectivity index (χ0n) is 17.2. The topological polar surface area (TPSA) is 145 Å². The SMILES string of the molecule is CCN(C)C(=O)n1c(=O)n(Cc2ccc(F)cc2)c2nc(NS(=O)(=O)CC)nc(N)c21. The molecule has 0 saturated heterocycles. The zero-order chi connectivity index (χ0) is 22.9. The standard InChI is InChI=1S/C18H22FN7O4S/c1-4-24(3)17(27)26-13-14(20)21-16(23-31(29,30)5-2)22-15(13)25(18(26)28)10-11-6-8-12(19)9-7-11/h6-9H,4-5,10H2,1-3H3,(H3,20,21,22,23). The molecular weight excluding hydrogens is 429 g/mol. The molecule has 0 atom stereocenters. The number of benzene rings is 1. The first-order chi connectivity index (χ1) is 14.6. The maximum absolute atomic E-state index is 13.3. The van der Waals surface area contributed by atoms with Crippen LogP contribution in [0.2, 0.25) is 0 Å². The number of anilines is 2. The van der Waals surface area contributed by atoms with E-state index in [0.717, 1.165) is 9.13 Å². The molecule has 0 spiro atoms. The highest BCUT2D eigenvalue weighted by atomic mass is 32.2. The first kappa shape index (κ1) is 22.2. The Morgan fingerprint density at radius 1 is 1.23 bits per heavy atom. The molecule has 1 amide bonds. The molecule has 0 aliphatic rings. The molecule has 1 aromatic carbocycles. The van der Waals surface area contributed by atoms with Crippen LogP contribution in [0.15, 0.2) is 29.1 Å². The summed E-state index contributed by atoms with van der Waals surface area (Å²) in [6, 6.07) is 4.79. The number of aromatic nitrogens is 4. The third-order valence-corrected chi connectivity index (χ3v) is 5.92. The number of amides is 1. The molecule has 0 radical (unpaired) electrons. The number of nitrogens with two attached hydrogens (primary N) is 1. The molecule has 3 aromatic rings. The Balaban J connectivity index is 2.27. The summed E-state index contributed by atoms with van der Waals surface area (Å²) in [5.74, 6) is -1.24. The number of carbonyl (C=O) groups excluding carboxylic acids is 1. The Kier molecular flexibility index (Phi) is 5.97. The first-order valence-corrected chi connectivity index (χ1v) is 11.0. The van der Waals surface area contributed by atoms with Crippen LogP contribution in [-0.2, 0) is 16.6 Å². The Morgan fingerprint density at radius 2 is 1.87 bits per heavy atom. The Hall–Kier alpha value is -3.48. The number of imidazole rings is 1. The minimum atomic E-state index is -3.71. The fourth-order valence-corrected chi connectivity index (χ4v) is 3.34. The van der Waals surface area contributed by atoms with E-state index in [2.05, 4.69) is 14.7 Å². The Labute approximate surface area is 177 Å². The van der Waals surface area contributed by atoms with Crippen molar-refractivity contribution >= 4 is 39.0 Å². The molecule has 0 aliphatic heterocycles. The van der Waals surface area contributed by atoms with Crippen LogP contribution in [0.1, 0.15) is 19.4 Å². The molecule has 0 unspecified atom stereocenters. The van der Waals surface area contributed by atoms with Crippen molar-refractivity contribution in [2.75, 3.05) is 29.8 Å². The van der Waals surface area contributed by atoms with E-state index in [4.69, 9.17) is 5.73 Å². The van der Waals surface area contributed by atoms with Gasteiger partial charge in [0, 0.05) is 13.6 Å². The summed E-state index contributed by atoms with van der Waals surface area (Å²) in [7, 11) is -2.20. The molecule has 0 fully saturated rings. The lowest BCUT2D eigenvalue weighted by Gasteiger charge is -2.14. The summed E-state index contributed by atoms with van der Waals surface area (Å²) in [6.45, 7) is 3.44. The number of hydrogen-bond donors (Lipinski definition) is 2. The molecular formula is C18H22FN7O4S. The highest BCUT2D eigenvalue weighted by Crippen LogP contribution is 2.21. The molecule has 3 rings (SSSR count). The number of carbonyl (C=O) groups is 1. The molecule has 2 heterocycles. The van der Waals surface area contributed by atoms with E-state index >= 15 is 0 Å². The van der Waals surface area contributed by atoms with Gasteiger partial charge in [0.15, 0.2) is 11.5 Å². The molecule has 31 heavy (non-hydrogen) atoms. The minimum absolute atomic E-state index is 0.0338. The normalized spacial score (nSPS) is 11.6. The highest BCUT2D eigenvalue weighted by Gasteiger charge is 2.25. The number of rotatable bonds is 6. The van der Waals surface area contributed by atoms with Crippen molar-refractivity contribution in [3.63, 3.8) is 0 Å². The smallest absolute Gasteiger partial charge is 0.339 e. The predicted molar refractivity (Wildman–Crippen MR) is 114 cm³/mol. The largest absolute Gasteiger partial charge is 0.382 e. The van der Waals surface area contributed by atoms with Crippen LogP contribution >= 0.6 is 0 Å². The van der Waals surface area contributed by atoms with Crippen molar-refractivity contribution in [1.82, 2.24) is 24.0 Å². The van der Waals surface area contributed by atoms with Gasteiger partial charge in [0.25, 0.3) is 0 Å². The second-order valence-corrected chi connectivity index (χ2v) is 8.75. The van der Waals surface area contributed by atoms with Crippen molar-refractivity contribution < 1.29 is 17.6 Å². The number of fused-ring (bicyclic) bond motifs is 1. The summed E-state index contributed by atoms with van der Waals surface area (Å²) in [4.78, 5) is 35.4. The van der Waals surface area contributed by atoms with E-state index < -0.39 is 27.6 Å². The van der Waals surface area contributed by atoms with Crippen LogP contribution < -0.4 is 16.1 Å². The van der Waals surface area contributed by atoms with Crippen molar-refractivity contribution in [1.29, 1.82) is 0 Å². The number of nitrogen functional groups attached to an aromatic ring is 1. The molecule has 2 aromatic heterocycles. The number of sulfonamides is 1. The lowest BCUT2D eigenvalue weighted by atomic mass is 10.2. The third-order valence-electron chi connectivity index (χ3n) is 4.67. The average Bonchev–Trinajstić information content (AvgIpc) is 3.00. The van der Waals surface area contributed by atoms with Gasteiger partial charge in [-0.25, -0.2) is 27.0 Å². The molecule has 166 valence electrons. The van der Waals surface area contributed by atoms with E-state index in [1.54, 1.807) is 6.92 Å². The summed E-state index contributed by atoms with van der Waals surface area (Å²) < 4.78 is 41.3. The number of nitrogens with zero attached hydrogens (tertiary/aromatic N) is 5. The molecule has 0 saturated carbocycles. The van der Waals surface area contributed by atoms with Gasteiger partial charge >= 0.3 is 11.7 Å². The molecule has 11 nitrogen and oxygen atoms in total. The summed E-state index contributed by atoms with van der Waals surface area (Å²) in [5.41, 5.74) is 5.76. The van der Waals surface area contributed by atoms with Gasteiger partial charge in [0.2, 0.25) is 16.0 Å². The van der Waals surface area contributed by atoms with Gasteiger partial charge in [-0.3, -0.25) is 9.29 Å². The summed E-state index contributed by atoms with van der Waals surface area (Å²) in [5, 5.41) is 0. The second kappa shape index (κ2) is 8.34. The summed E-state index contributed by atoms with van der Waals surface area (Å²) in [6.07, 6.45) is 0. The van der Waals surface area contributed by atoms with E-state index in [1.165, 1.54) is 43.1 Å². The lowest BCUT2D eigenvalue weighted by Crippen LogP contribution is -2.38. The number of hydrogen-bond acceptors (Lipinski definition) is 7. The predicted octanol–water partition coefficient (Wildman–Crippen LogP) is 1.04. The van der Waals surface area contributed by atoms with Gasteiger partial charge in [-0.2, -0.15) is 9.97 Å². The van der Waals surface area contributed by atoms with Crippen LogP contribution in [0.3, 0.4) is 0 Å². The van der Waals surface area contributed by atoms with Crippen LogP contribution in [0.4, 0.5) is 21.0 Å². The van der Waals surface area contributed by atoms with Gasteiger partial charge < -0.3 is 10.6 Å². The Bertz CT molecular complexity index is 1300. The molecule has 0 bridgehead atoms. The van der Waals surface area contributed by atoms with Gasteiger partial charge in [0.05, 0.1) is 12.3 Å². The van der Waals surface area contributed by atoms with E-state index in [9.17, 15) is 22.4 Å². The highest BCUT2D eigenvalue weighted by molar-refractivity contribution is 7.92. The van der Waals surface area contributed by atoms with Crippen LogP contribution in [0.5, 0.6) is 0 Å². The van der Waals surface area contributed by atoms with Crippen molar-refractivity contribution in [2.45, 2.75) is 20.4 Å². The fourth-order valence-electron chi connectivity index (χ4n) is 2.82. The van der Waals surface area contributed by atoms with Crippen molar-refractivity contribution in [3.8, 4) is 0 Å². The zero-order valence-corrected chi connectivity index (χ0v) is 18.0. The van der Waals surface area contributed by atoms with E-state index in [-0.39, 0.29) is 35.2 Å². The van der Waals surface area contributed by atoms with Gasteiger partial charge in [-0.05, 0) is 31.5 Å². The minimum Gasteiger partial charge on any atom is -0.382 e. The van der Waals surface area contributed by atoms with Gasteiger partial charge in [-0.1, -0.05) is 12.1 Å². The fraction of sp³-hybridized carbons (Fsp3) is 0.333. The summed E-state index contributed by atoms with van der Waals surface area (Å²) >= 11 is 0. The average molecular weight is 451 g/mol. The van der Waals surface area contributed by atoms with Crippen molar-refractivity contribution in [2.24, 2.45) is 0 Å². The van der Waals surface area contributed by atoms with Gasteiger partial charge in [0.1, 0.15) is 11.3 Å². The maximum atomic E-state index is 13.3. The van der Waals surface area contributed by atoms with Crippen LogP contribution in [0, 0.1) is 5.82 Å². The molecule has 13 heteroatoms. The first-order valence-electron chi connectivity index (χ1n) is 9.37. The van der Waals surface area contributed by atoms with Crippen molar-refractivity contribution in [3.05, 3.63) is 46.1 Å². The quantitative estimate of drug-likeness (QED) is 0.569. The van der Waals surface area contributed by atoms with Crippen LogP contribution in [0.25, 0.3) is 11.2 Å². The second-order valence-electron chi connectivity index (χ2n) is 6.74. The van der Waals surface area contributed by atoms with Gasteiger partial charge in [-0.15, -0.1) is 0 Å². The van der Waals surface area contributed by atoms with E-state index in [1.807, 2.05) is 0 Å². The third kappa shape index (κ3) is 4.35. The van der Waals surface area contributed by atoms with Crippen LogP contribution in [-0.4, -0.2) is 57.8 Å². The molecule has 3 N–H and O–H groups in total. The van der Waals surface area contributed by atoms with E-state index in [0.29, 0.717) is 12.1 Å².